The molecule has 0 aliphatic carbocycles. The van der Waals surface area contributed by atoms with Crippen LogP contribution in [-0.4, -0.2) is 67.4 Å². The van der Waals surface area contributed by atoms with Crippen LogP contribution in [0.25, 0.3) is 0 Å². The van der Waals surface area contributed by atoms with E-state index in [1.807, 2.05) is 26.0 Å². The molecule has 2 fully saturated rings. The second-order valence-corrected chi connectivity index (χ2v) is 10.5. The van der Waals surface area contributed by atoms with Gasteiger partial charge in [-0.05, 0) is 93.9 Å². The number of aryl methyl sites for hydroxylation is 1. The van der Waals surface area contributed by atoms with E-state index in [9.17, 15) is 18.0 Å². The first-order valence-corrected chi connectivity index (χ1v) is 13.6. The van der Waals surface area contributed by atoms with Crippen molar-refractivity contribution in [3.8, 4) is 5.75 Å². The van der Waals surface area contributed by atoms with Gasteiger partial charge >= 0.3 is 6.36 Å². The summed E-state index contributed by atoms with van der Waals surface area (Å²) in [4.78, 5) is 17.8. The summed E-state index contributed by atoms with van der Waals surface area (Å²) in [5.74, 6) is -0.221. The van der Waals surface area contributed by atoms with Crippen LogP contribution in [-0.2, 0) is 11.2 Å². The molecule has 2 aliphatic heterocycles. The Kier molecular flexibility index (Phi) is 9.54. The number of nitrogens with one attached hydrogen (secondary N) is 2. The van der Waals surface area contributed by atoms with Gasteiger partial charge in [-0.1, -0.05) is 24.6 Å². The maximum atomic E-state index is 12.9. The number of carbonyl (C=O) groups is 1. The molecule has 2 aliphatic rings. The number of benzene rings is 2. The SMILES string of the molecule is Cc1ccc(NCCc2ccc(OC(F)(F)F)cc2)c(C)c1NC(=O)CN1CCC(N2CCCCC2)CC1. The van der Waals surface area contributed by atoms with E-state index in [0.29, 0.717) is 25.6 Å². The van der Waals surface area contributed by atoms with Crippen molar-refractivity contribution in [2.75, 3.05) is 49.9 Å². The smallest absolute Gasteiger partial charge is 0.406 e. The number of rotatable bonds is 9. The van der Waals surface area contributed by atoms with Gasteiger partial charge in [0.05, 0.1) is 6.54 Å². The van der Waals surface area contributed by atoms with E-state index in [-0.39, 0.29) is 11.7 Å². The Bertz CT molecular complexity index is 1060. The van der Waals surface area contributed by atoms with Crippen LogP contribution < -0.4 is 15.4 Å². The number of hydrogen-bond donors (Lipinski definition) is 2. The molecule has 2 heterocycles. The molecular weight excluding hydrogens is 493 g/mol. The van der Waals surface area contributed by atoms with Gasteiger partial charge in [0, 0.05) is 37.1 Å². The lowest BCUT2D eigenvalue weighted by atomic mass is 10.00. The first-order chi connectivity index (χ1) is 18.2. The molecule has 2 saturated heterocycles. The van der Waals surface area contributed by atoms with Crippen LogP contribution in [0.2, 0.25) is 0 Å². The third-order valence-electron chi connectivity index (χ3n) is 7.66. The first kappa shape index (κ1) is 28.2. The van der Waals surface area contributed by atoms with Crippen LogP contribution in [0.15, 0.2) is 36.4 Å². The van der Waals surface area contributed by atoms with Crippen molar-refractivity contribution in [1.29, 1.82) is 0 Å². The number of anilines is 2. The van der Waals surface area contributed by atoms with Crippen LogP contribution in [0.5, 0.6) is 5.75 Å². The topological polar surface area (TPSA) is 56.8 Å². The largest absolute Gasteiger partial charge is 0.573 e. The number of piperidine rings is 2. The van der Waals surface area contributed by atoms with Crippen molar-refractivity contribution in [2.45, 2.75) is 64.8 Å². The van der Waals surface area contributed by atoms with Crippen LogP contribution >= 0.6 is 0 Å². The van der Waals surface area contributed by atoms with Crippen molar-refractivity contribution >= 4 is 17.3 Å². The fourth-order valence-corrected chi connectivity index (χ4v) is 5.54. The van der Waals surface area contributed by atoms with Gasteiger partial charge in [0.2, 0.25) is 5.91 Å². The van der Waals surface area contributed by atoms with Crippen molar-refractivity contribution < 1.29 is 22.7 Å². The zero-order chi connectivity index (χ0) is 27.1. The molecule has 6 nitrogen and oxygen atoms in total. The molecule has 2 aromatic carbocycles. The molecule has 2 N–H and O–H groups in total. The van der Waals surface area contributed by atoms with Gasteiger partial charge in [-0.3, -0.25) is 9.69 Å². The van der Waals surface area contributed by atoms with E-state index in [0.717, 1.165) is 54.0 Å². The number of hydrogen-bond acceptors (Lipinski definition) is 5. The van der Waals surface area contributed by atoms with Crippen molar-refractivity contribution in [2.24, 2.45) is 0 Å². The normalized spacial score (nSPS) is 17.8. The molecule has 4 rings (SSSR count). The maximum Gasteiger partial charge on any atom is 0.573 e. The van der Waals surface area contributed by atoms with E-state index in [1.165, 1.54) is 44.5 Å². The monoisotopic (exact) mass is 532 g/mol. The summed E-state index contributed by atoms with van der Waals surface area (Å²) in [6, 6.07) is 10.5. The molecule has 1 amide bonds. The molecule has 0 aromatic heterocycles. The average molecular weight is 533 g/mol. The first-order valence-electron chi connectivity index (χ1n) is 13.6. The minimum atomic E-state index is -4.69. The van der Waals surface area contributed by atoms with Crippen LogP contribution in [0, 0.1) is 13.8 Å². The number of alkyl halides is 3. The Hall–Kier alpha value is -2.78. The quantitative estimate of drug-likeness (QED) is 0.431. The molecule has 0 unspecified atom stereocenters. The minimum Gasteiger partial charge on any atom is -0.406 e. The number of carbonyl (C=O) groups excluding carboxylic acids is 1. The highest BCUT2D eigenvalue weighted by Gasteiger charge is 2.31. The zero-order valence-corrected chi connectivity index (χ0v) is 22.4. The predicted molar refractivity (Wildman–Crippen MR) is 145 cm³/mol. The van der Waals surface area contributed by atoms with Gasteiger partial charge in [0.15, 0.2) is 0 Å². The van der Waals surface area contributed by atoms with E-state index < -0.39 is 6.36 Å². The number of halogens is 3. The number of likely N-dealkylation sites (tertiary alicyclic amines) is 2. The van der Waals surface area contributed by atoms with Crippen LogP contribution in [0.3, 0.4) is 0 Å². The van der Waals surface area contributed by atoms with Crippen LogP contribution in [0.4, 0.5) is 24.5 Å². The summed E-state index contributed by atoms with van der Waals surface area (Å²) in [5.41, 5.74) is 4.62. The standard InChI is InChI=1S/C29H39F3N4O2/c1-21-6-11-26(33-15-12-23-7-9-25(10-8-23)38-29(30,31)32)22(2)28(21)34-27(37)20-35-18-13-24(14-19-35)36-16-4-3-5-17-36/h6-11,24,33H,3-5,12-20H2,1-2H3,(H,34,37). The van der Waals surface area contributed by atoms with Crippen LogP contribution in [0.1, 0.15) is 48.8 Å². The second kappa shape index (κ2) is 12.8. The van der Waals surface area contributed by atoms with Gasteiger partial charge in [0.1, 0.15) is 5.75 Å². The summed E-state index contributed by atoms with van der Waals surface area (Å²) in [5, 5.41) is 6.53. The number of amides is 1. The highest BCUT2D eigenvalue weighted by atomic mass is 19.4. The summed E-state index contributed by atoms with van der Waals surface area (Å²) in [6.07, 6.45) is 2.17. The lowest BCUT2D eigenvalue weighted by Gasteiger charge is -2.40. The molecule has 208 valence electrons. The number of ether oxygens (including phenoxy) is 1. The molecule has 0 bridgehead atoms. The molecule has 9 heteroatoms. The fraction of sp³-hybridized carbons (Fsp3) is 0.552. The molecule has 0 saturated carbocycles. The fourth-order valence-electron chi connectivity index (χ4n) is 5.54. The molecule has 0 radical (unpaired) electrons. The average Bonchev–Trinajstić information content (AvgIpc) is 2.89. The lowest BCUT2D eigenvalue weighted by Crippen LogP contribution is -2.48. The molecular formula is C29H39F3N4O2. The number of nitrogens with zero attached hydrogens (tertiary/aromatic N) is 2. The van der Waals surface area contributed by atoms with E-state index in [2.05, 4.69) is 25.2 Å². The Labute approximate surface area is 223 Å². The van der Waals surface area contributed by atoms with E-state index in [4.69, 9.17) is 0 Å². The molecule has 2 aromatic rings. The van der Waals surface area contributed by atoms with Gasteiger partial charge < -0.3 is 20.3 Å². The third-order valence-corrected chi connectivity index (χ3v) is 7.66. The highest BCUT2D eigenvalue weighted by Crippen LogP contribution is 2.28. The molecule has 38 heavy (non-hydrogen) atoms. The Morgan fingerprint density at radius 2 is 1.66 bits per heavy atom. The minimum absolute atomic E-state index is 0.00550. The van der Waals surface area contributed by atoms with E-state index >= 15 is 0 Å². The van der Waals surface area contributed by atoms with Crippen molar-refractivity contribution in [1.82, 2.24) is 9.80 Å². The summed E-state index contributed by atoms with van der Waals surface area (Å²) >= 11 is 0. The van der Waals surface area contributed by atoms with Gasteiger partial charge in [-0.15, -0.1) is 13.2 Å². The lowest BCUT2D eigenvalue weighted by molar-refractivity contribution is -0.274. The molecule has 0 atom stereocenters. The second-order valence-electron chi connectivity index (χ2n) is 10.5. The summed E-state index contributed by atoms with van der Waals surface area (Å²) < 4.78 is 41.0. The Balaban J connectivity index is 1.25. The van der Waals surface area contributed by atoms with E-state index in [1.54, 1.807) is 12.1 Å². The Morgan fingerprint density at radius 3 is 2.32 bits per heavy atom. The van der Waals surface area contributed by atoms with Crippen molar-refractivity contribution in [3.63, 3.8) is 0 Å². The zero-order valence-electron chi connectivity index (χ0n) is 22.4. The third kappa shape index (κ3) is 8.11. The van der Waals surface area contributed by atoms with Gasteiger partial charge in [-0.2, -0.15) is 0 Å². The summed E-state index contributed by atoms with van der Waals surface area (Å²) in [6.45, 7) is 9.32. The molecule has 0 spiro atoms. The predicted octanol–water partition coefficient (Wildman–Crippen LogP) is 5.75. The van der Waals surface area contributed by atoms with Gasteiger partial charge in [0.25, 0.3) is 0 Å². The van der Waals surface area contributed by atoms with Crippen molar-refractivity contribution in [3.05, 3.63) is 53.1 Å². The summed E-state index contributed by atoms with van der Waals surface area (Å²) in [7, 11) is 0. The van der Waals surface area contributed by atoms with Gasteiger partial charge in [-0.25, -0.2) is 0 Å². The Morgan fingerprint density at radius 1 is 0.974 bits per heavy atom. The highest BCUT2D eigenvalue weighted by molar-refractivity contribution is 5.94. The maximum absolute atomic E-state index is 12.9.